The first-order chi connectivity index (χ1) is 7.25. The van der Waals surface area contributed by atoms with Crippen LogP contribution in [0, 0.1) is 0 Å². The lowest BCUT2D eigenvalue weighted by Gasteiger charge is -2.22. The minimum atomic E-state index is 0.448. The van der Waals surface area contributed by atoms with Crippen molar-refractivity contribution < 1.29 is 0 Å². The van der Waals surface area contributed by atoms with E-state index in [1.807, 2.05) is 6.07 Å². The van der Waals surface area contributed by atoms with Crippen molar-refractivity contribution >= 4 is 11.6 Å². The SMILES string of the molecule is CN(Cc1ccc(Cl)nn1)C1CCNC1. The zero-order valence-electron chi connectivity index (χ0n) is 8.78. The van der Waals surface area contributed by atoms with Gasteiger partial charge in [-0.2, -0.15) is 5.10 Å². The van der Waals surface area contributed by atoms with Gasteiger partial charge in [-0.15, -0.1) is 5.10 Å². The number of nitrogens with zero attached hydrogens (tertiary/aromatic N) is 3. The molecule has 0 aliphatic carbocycles. The van der Waals surface area contributed by atoms with E-state index in [0.29, 0.717) is 11.2 Å². The molecule has 1 atom stereocenters. The fourth-order valence-corrected chi connectivity index (χ4v) is 1.93. The average Bonchev–Trinajstić information content (AvgIpc) is 2.74. The van der Waals surface area contributed by atoms with E-state index >= 15 is 0 Å². The van der Waals surface area contributed by atoms with Crippen molar-refractivity contribution in [1.82, 2.24) is 20.4 Å². The van der Waals surface area contributed by atoms with Crippen LogP contribution in [-0.2, 0) is 6.54 Å². The molecular formula is C10H15ClN4. The summed E-state index contributed by atoms with van der Waals surface area (Å²) in [7, 11) is 2.12. The van der Waals surface area contributed by atoms with Crippen LogP contribution in [0.25, 0.3) is 0 Å². The van der Waals surface area contributed by atoms with Crippen molar-refractivity contribution in [3.05, 3.63) is 23.0 Å². The van der Waals surface area contributed by atoms with Crippen LogP contribution in [0.4, 0.5) is 0 Å². The van der Waals surface area contributed by atoms with Gasteiger partial charge in [0.05, 0.1) is 5.69 Å². The molecule has 0 bridgehead atoms. The molecule has 1 saturated heterocycles. The standard InChI is InChI=1S/C10H15ClN4/c1-15(9-4-5-12-6-9)7-8-2-3-10(11)14-13-8/h2-3,9,12H,4-7H2,1H3. The molecule has 15 heavy (non-hydrogen) atoms. The Bertz CT molecular complexity index is 308. The van der Waals surface area contributed by atoms with E-state index in [-0.39, 0.29) is 0 Å². The van der Waals surface area contributed by atoms with Crippen molar-refractivity contribution in [1.29, 1.82) is 0 Å². The number of hydrogen-bond acceptors (Lipinski definition) is 4. The Kier molecular flexibility index (Phi) is 3.51. The number of rotatable bonds is 3. The van der Waals surface area contributed by atoms with E-state index < -0.39 is 0 Å². The summed E-state index contributed by atoms with van der Waals surface area (Å²) in [5.74, 6) is 0. The second-order valence-electron chi connectivity index (χ2n) is 3.91. The fraction of sp³-hybridized carbons (Fsp3) is 0.600. The van der Waals surface area contributed by atoms with Crippen LogP contribution < -0.4 is 5.32 Å². The number of nitrogens with one attached hydrogen (secondary N) is 1. The molecule has 1 N–H and O–H groups in total. The van der Waals surface area contributed by atoms with Crippen LogP contribution in [0.1, 0.15) is 12.1 Å². The van der Waals surface area contributed by atoms with Gasteiger partial charge in [0.2, 0.25) is 0 Å². The third-order valence-electron chi connectivity index (χ3n) is 2.76. The molecular weight excluding hydrogens is 212 g/mol. The molecule has 1 unspecified atom stereocenters. The highest BCUT2D eigenvalue weighted by Gasteiger charge is 2.19. The van der Waals surface area contributed by atoms with E-state index in [9.17, 15) is 0 Å². The first-order valence-electron chi connectivity index (χ1n) is 5.15. The molecule has 4 nitrogen and oxygen atoms in total. The molecule has 1 aromatic heterocycles. The van der Waals surface area contributed by atoms with Gasteiger partial charge >= 0.3 is 0 Å². The second kappa shape index (κ2) is 4.88. The van der Waals surface area contributed by atoms with Gasteiger partial charge in [-0.3, -0.25) is 4.90 Å². The Morgan fingerprint density at radius 2 is 2.40 bits per heavy atom. The Balaban J connectivity index is 1.92. The Morgan fingerprint density at radius 1 is 1.53 bits per heavy atom. The first kappa shape index (κ1) is 10.8. The molecule has 0 aromatic carbocycles. The van der Waals surface area contributed by atoms with E-state index in [2.05, 4.69) is 27.5 Å². The number of hydrogen-bond donors (Lipinski definition) is 1. The maximum Gasteiger partial charge on any atom is 0.151 e. The molecule has 0 spiro atoms. The van der Waals surface area contributed by atoms with Crippen molar-refractivity contribution in [2.45, 2.75) is 19.0 Å². The molecule has 1 fully saturated rings. The van der Waals surface area contributed by atoms with E-state index in [4.69, 9.17) is 11.6 Å². The summed E-state index contributed by atoms with van der Waals surface area (Å²) < 4.78 is 0. The zero-order chi connectivity index (χ0) is 10.7. The molecule has 0 saturated carbocycles. The van der Waals surface area contributed by atoms with E-state index in [0.717, 1.165) is 25.3 Å². The summed E-state index contributed by atoms with van der Waals surface area (Å²) in [6.07, 6.45) is 1.21. The predicted octanol–water partition coefficient (Wildman–Crippen LogP) is 0.924. The minimum absolute atomic E-state index is 0.448. The predicted molar refractivity (Wildman–Crippen MR) is 59.8 cm³/mol. The number of likely N-dealkylation sites (N-methyl/N-ethyl adjacent to an activating group) is 1. The number of aromatic nitrogens is 2. The summed E-state index contributed by atoms with van der Waals surface area (Å²) in [6, 6.07) is 4.32. The smallest absolute Gasteiger partial charge is 0.151 e. The van der Waals surface area contributed by atoms with Crippen LogP contribution in [-0.4, -0.2) is 41.3 Å². The quantitative estimate of drug-likeness (QED) is 0.833. The topological polar surface area (TPSA) is 41.1 Å². The van der Waals surface area contributed by atoms with Gasteiger partial charge in [0.25, 0.3) is 0 Å². The molecule has 1 aromatic rings. The van der Waals surface area contributed by atoms with E-state index in [1.165, 1.54) is 6.42 Å². The monoisotopic (exact) mass is 226 g/mol. The van der Waals surface area contributed by atoms with Gasteiger partial charge < -0.3 is 5.32 Å². The zero-order valence-corrected chi connectivity index (χ0v) is 9.54. The summed E-state index contributed by atoms with van der Waals surface area (Å²) in [6.45, 7) is 3.01. The molecule has 0 radical (unpaired) electrons. The Hall–Kier alpha value is -0.710. The van der Waals surface area contributed by atoms with Crippen LogP contribution in [0.5, 0.6) is 0 Å². The van der Waals surface area contributed by atoms with Crippen molar-refractivity contribution in [3.63, 3.8) is 0 Å². The highest BCUT2D eigenvalue weighted by Crippen LogP contribution is 2.10. The third-order valence-corrected chi connectivity index (χ3v) is 2.96. The molecule has 2 rings (SSSR count). The number of halogens is 1. The normalized spacial score (nSPS) is 21.1. The van der Waals surface area contributed by atoms with Gasteiger partial charge in [-0.1, -0.05) is 11.6 Å². The van der Waals surface area contributed by atoms with Crippen LogP contribution in [0.2, 0.25) is 5.15 Å². The lowest BCUT2D eigenvalue weighted by Crippen LogP contribution is -2.33. The summed E-state index contributed by atoms with van der Waals surface area (Å²) in [5, 5.41) is 11.7. The lowest BCUT2D eigenvalue weighted by atomic mass is 10.2. The maximum absolute atomic E-state index is 5.68. The third kappa shape index (κ3) is 2.87. The first-order valence-corrected chi connectivity index (χ1v) is 5.52. The highest BCUT2D eigenvalue weighted by atomic mass is 35.5. The Labute approximate surface area is 94.6 Å². The Morgan fingerprint density at radius 3 is 3.00 bits per heavy atom. The van der Waals surface area contributed by atoms with Crippen molar-refractivity contribution in [2.24, 2.45) is 0 Å². The van der Waals surface area contributed by atoms with Gasteiger partial charge in [-0.05, 0) is 32.1 Å². The molecule has 5 heteroatoms. The summed E-state index contributed by atoms with van der Waals surface area (Å²) in [5.41, 5.74) is 0.966. The van der Waals surface area contributed by atoms with Crippen molar-refractivity contribution in [3.8, 4) is 0 Å². The van der Waals surface area contributed by atoms with Gasteiger partial charge in [-0.25, -0.2) is 0 Å². The fourth-order valence-electron chi connectivity index (χ4n) is 1.83. The van der Waals surface area contributed by atoms with Gasteiger partial charge in [0, 0.05) is 19.1 Å². The van der Waals surface area contributed by atoms with Gasteiger partial charge in [0.15, 0.2) is 5.15 Å². The molecule has 1 aliphatic rings. The maximum atomic E-state index is 5.68. The largest absolute Gasteiger partial charge is 0.315 e. The lowest BCUT2D eigenvalue weighted by molar-refractivity contribution is 0.245. The van der Waals surface area contributed by atoms with Gasteiger partial charge in [0.1, 0.15) is 0 Å². The molecule has 1 aliphatic heterocycles. The molecule has 2 heterocycles. The van der Waals surface area contributed by atoms with Crippen LogP contribution in [0.3, 0.4) is 0 Å². The van der Waals surface area contributed by atoms with Crippen molar-refractivity contribution in [2.75, 3.05) is 20.1 Å². The highest BCUT2D eigenvalue weighted by molar-refractivity contribution is 6.29. The second-order valence-corrected chi connectivity index (χ2v) is 4.30. The molecule has 82 valence electrons. The van der Waals surface area contributed by atoms with E-state index in [1.54, 1.807) is 6.07 Å². The van der Waals surface area contributed by atoms with Crippen LogP contribution in [0.15, 0.2) is 12.1 Å². The summed E-state index contributed by atoms with van der Waals surface area (Å²) in [4.78, 5) is 2.30. The van der Waals surface area contributed by atoms with Crippen LogP contribution >= 0.6 is 11.6 Å². The molecule has 0 amide bonds. The summed E-state index contributed by atoms with van der Waals surface area (Å²) >= 11 is 5.68. The average molecular weight is 227 g/mol. The minimum Gasteiger partial charge on any atom is -0.315 e.